The van der Waals surface area contributed by atoms with Crippen molar-refractivity contribution < 1.29 is 17.9 Å². The van der Waals surface area contributed by atoms with Crippen molar-refractivity contribution >= 4 is 43.5 Å². The number of aryl methyl sites for hydroxylation is 2. The van der Waals surface area contributed by atoms with Gasteiger partial charge in [-0.25, -0.2) is 23.1 Å². The first-order valence-electron chi connectivity index (χ1n) is 8.84. The third-order valence-corrected chi connectivity index (χ3v) is 6.61. The van der Waals surface area contributed by atoms with Crippen LogP contribution in [0.3, 0.4) is 0 Å². The van der Waals surface area contributed by atoms with Gasteiger partial charge in [-0.2, -0.15) is 0 Å². The SMILES string of the molecule is Cc1cc(OCC(=O)Nc2ccc(S(=O)(=O)Nc3ncccn3)cc2)cc(C)c1Br. The van der Waals surface area contributed by atoms with Gasteiger partial charge in [-0.3, -0.25) is 4.79 Å². The fourth-order valence-electron chi connectivity index (χ4n) is 2.58. The molecule has 0 saturated heterocycles. The van der Waals surface area contributed by atoms with E-state index < -0.39 is 10.0 Å². The van der Waals surface area contributed by atoms with Crippen molar-refractivity contribution in [2.45, 2.75) is 18.7 Å². The third-order valence-electron chi connectivity index (χ3n) is 4.02. The quantitative estimate of drug-likeness (QED) is 0.522. The number of hydrogen-bond donors (Lipinski definition) is 2. The van der Waals surface area contributed by atoms with Gasteiger partial charge in [-0.15, -0.1) is 0 Å². The van der Waals surface area contributed by atoms with Crippen molar-refractivity contribution in [3.63, 3.8) is 0 Å². The van der Waals surface area contributed by atoms with Gasteiger partial charge in [0, 0.05) is 22.6 Å². The van der Waals surface area contributed by atoms with Crippen LogP contribution in [0.25, 0.3) is 0 Å². The maximum Gasteiger partial charge on any atom is 0.264 e. The number of nitrogens with zero attached hydrogens (tertiary/aromatic N) is 2. The lowest BCUT2D eigenvalue weighted by atomic mass is 10.1. The number of sulfonamides is 1. The topological polar surface area (TPSA) is 110 Å². The second-order valence-corrected chi connectivity index (χ2v) is 8.89. The maximum atomic E-state index is 12.4. The van der Waals surface area contributed by atoms with Gasteiger partial charge in [0.05, 0.1) is 4.90 Å². The lowest BCUT2D eigenvalue weighted by molar-refractivity contribution is -0.118. The predicted molar refractivity (Wildman–Crippen MR) is 117 cm³/mol. The van der Waals surface area contributed by atoms with E-state index in [1.807, 2.05) is 26.0 Å². The van der Waals surface area contributed by atoms with Crippen LogP contribution in [0.15, 0.2) is 64.2 Å². The Bertz CT molecular complexity index is 1130. The van der Waals surface area contributed by atoms with E-state index in [0.717, 1.165) is 15.6 Å². The second kappa shape index (κ2) is 9.23. The largest absolute Gasteiger partial charge is 0.484 e. The first kappa shape index (κ1) is 21.7. The zero-order valence-electron chi connectivity index (χ0n) is 16.2. The number of benzene rings is 2. The first-order valence-corrected chi connectivity index (χ1v) is 11.1. The monoisotopic (exact) mass is 490 g/mol. The summed E-state index contributed by atoms with van der Waals surface area (Å²) in [6.07, 6.45) is 2.87. The van der Waals surface area contributed by atoms with Crippen LogP contribution in [-0.4, -0.2) is 30.9 Å². The van der Waals surface area contributed by atoms with E-state index in [0.29, 0.717) is 11.4 Å². The highest BCUT2D eigenvalue weighted by atomic mass is 79.9. The number of nitrogens with one attached hydrogen (secondary N) is 2. The molecule has 0 aliphatic heterocycles. The van der Waals surface area contributed by atoms with Gasteiger partial charge in [0.2, 0.25) is 5.95 Å². The van der Waals surface area contributed by atoms with Gasteiger partial charge in [0.1, 0.15) is 5.75 Å². The summed E-state index contributed by atoms with van der Waals surface area (Å²) >= 11 is 3.49. The molecule has 0 atom stereocenters. The molecule has 2 N–H and O–H groups in total. The predicted octanol–water partition coefficient (Wildman–Crippen LogP) is 3.67. The highest BCUT2D eigenvalue weighted by molar-refractivity contribution is 9.10. The highest BCUT2D eigenvalue weighted by Gasteiger charge is 2.15. The molecule has 156 valence electrons. The van der Waals surface area contributed by atoms with Crippen LogP contribution < -0.4 is 14.8 Å². The Labute approximate surface area is 182 Å². The average molecular weight is 491 g/mol. The molecular weight excluding hydrogens is 472 g/mol. The number of hydrogen-bond acceptors (Lipinski definition) is 6. The summed E-state index contributed by atoms with van der Waals surface area (Å²) in [6, 6.07) is 11.0. The summed E-state index contributed by atoms with van der Waals surface area (Å²) in [4.78, 5) is 19.8. The third kappa shape index (κ3) is 5.55. The number of carbonyl (C=O) groups is 1. The smallest absolute Gasteiger partial charge is 0.264 e. The number of ether oxygens (including phenoxy) is 1. The molecule has 0 saturated carbocycles. The van der Waals surface area contributed by atoms with Gasteiger partial charge in [-0.1, -0.05) is 15.9 Å². The minimum absolute atomic E-state index is 0.0185. The molecular formula is C20H19BrN4O4S. The Balaban J connectivity index is 1.59. The Kier molecular flexibility index (Phi) is 6.68. The van der Waals surface area contributed by atoms with Crippen LogP contribution in [0.2, 0.25) is 0 Å². The van der Waals surface area contributed by atoms with Crippen LogP contribution >= 0.6 is 15.9 Å². The lowest BCUT2D eigenvalue weighted by Gasteiger charge is -2.11. The summed E-state index contributed by atoms with van der Waals surface area (Å²) < 4.78 is 33.6. The van der Waals surface area contributed by atoms with Crippen molar-refractivity contribution in [2.24, 2.45) is 0 Å². The van der Waals surface area contributed by atoms with Gasteiger partial charge in [0.15, 0.2) is 6.61 Å². The van der Waals surface area contributed by atoms with Gasteiger partial charge >= 0.3 is 0 Å². The number of anilines is 2. The fraction of sp³-hybridized carbons (Fsp3) is 0.150. The van der Waals surface area contributed by atoms with E-state index in [1.165, 1.54) is 36.7 Å². The van der Waals surface area contributed by atoms with E-state index in [4.69, 9.17) is 4.74 Å². The molecule has 0 spiro atoms. The van der Waals surface area contributed by atoms with Crippen molar-refractivity contribution in [2.75, 3.05) is 16.6 Å². The van der Waals surface area contributed by atoms with Crippen molar-refractivity contribution in [1.82, 2.24) is 9.97 Å². The number of aromatic nitrogens is 2. The molecule has 30 heavy (non-hydrogen) atoms. The van der Waals surface area contributed by atoms with Crippen LogP contribution in [-0.2, 0) is 14.8 Å². The maximum absolute atomic E-state index is 12.4. The van der Waals surface area contributed by atoms with E-state index in [-0.39, 0.29) is 23.4 Å². The molecule has 0 aliphatic carbocycles. The number of rotatable bonds is 7. The molecule has 0 aliphatic rings. The van der Waals surface area contributed by atoms with Gasteiger partial charge in [0.25, 0.3) is 15.9 Å². The second-order valence-electron chi connectivity index (χ2n) is 6.41. The molecule has 1 aromatic heterocycles. The zero-order chi connectivity index (χ0) is 21.7. The molecule has 3 aromatic rings. The van der Waals surface area contributed by atoms with Crippen molar-refractivity contribution in [3.05, 3.63) is 70.5 Å². The molecule has 1 heterocycles. The minimum atomic E-state index is -3.83. The summed E-state index contributed by atoms with van der Waals surface area (Å²) in [5, 5.41) is 2.67. The van der Waals surface area contributed by atoms with E-state index in [1.54, 1.807) is 6.07 Å². The molecule has 0 bridgehead atoms. The molecule has 0 unspecified atom stereocenters. The summed E-state index contributed by atoms with van der Waals surface area (Å²) in [7, 11) is -3.83. The summed E-state index contributed by atoms with van der Waals surface area (Å²) in [5.41, 5.74) is 2.47. The lowest BCUT2D eigenvalue weighted by Crippen LogP contribution is -2.20. The van der Waals surface area contributed by atoms with E-state index >= 15 is 0 Å². The Morgan fingerprint density at radius 2 is 1.67 bits per heavy atom. The van der Waals surface area contributed by atoms with Gasteiger partial charge < -0.3 is 10.1 Å². The standard InChI is InChI=1S/C20H19BrN4O4S/c1-13-10-16(11-14(2)19(13)21)29-12-18(26)24-15-4-6-17(7-5-15)30(27,28)25-20-22-8-3-9-23-20/h3-11H,12H2,1-2H3,(H,24,26)(H,22,23,25). The van der Waals surface area contributed by atoms with Crippen LogP contribution in [0.1, 0.15) is 11.1 Å². The summed E-state index contributed by atoms with van der Waals surface area (Å²) in [5.74, 6) is 0.212. The Hall–Kier alpha value is -2.98. The van der Waals surface area contributed by atoms with E-state index in [2.05, 4.69) is 35.9 Å². The highest BCUT2D eigenvalue weighted by Crippen LogP contribution is 2.26. The van der Waals surface area contributed by atoms with Crippen molar-refractivity contribution in [1.29, 1.82) is 0 Å². The number of amides is 1. The molecule has 8 nitrogen and oxygen atoms in total. The van der Waals surface area contributed by atoms with Gasteiger partial charge in [-0.05, 0) is 67.4 Å². The van der Waals surface area contributed by atoms with E-state index in [9.17, 15) is 13.2 Å². The first-order chi connectivity index (χ1) is 14.2. The van der Waals surface area contributed by atoms with Crippen molar-refractivity contribution in [3.8, 4) is 5.75 Å². The number of carbonyl (C=O) groups excluding carboxylic acids is 1. The van der Waals surface area contributed by atoms with Crippen LogP contribution in [0.5, 0.6) is 5.75 Å². The van der Waals surface area contributed by atoms with Crippen LogP contribution in [0, 0.1) is 13.8 Å². The molecule has 0 fully saturated rings. The number of halogens is 1. The molecule has 10 heteroatoms. The average Bonchev–Trinajstić information content (AvgIpc) is 2.71. The summed E-state index contributed by atoms with van der Waals surface area (Å²) in [6.45, 7) is 3.71. The normalized spacial score (nSPS) is 11.0. The Morgan fingerprint density at radius 1 is 1.07 bits per heavy atom. The minimum Gasteiger partial charge on any atom is -0.484 e. The molecule has 2 aromatic carbocycles. The van der Waals surface area contributed by atoms with Crippen LogP contribution in [0.4, 0.5) is 11.6 Å². The Morgan fingerprint density at radius 3 is 2.27 bits per heavy atom. The molecule has 0 radical (unpaired) electrons. The fourth-order valence-corrected chi connectivity index (χ4v) is 3.77. The molecule has 3 rings (SSSR count). The zero-order valence-corrected chi connectivity index (χ0v) is 18.6. The molecule has 1 amide bonds.